The molecule has 0 aromatic heterocycles. The van der Waals surface area contributed by atoms with Crippen molar-refractivity contribution in [2.75, 3.05) is 7.11 Å². The zero-order valence-corrected chi connectivity index (χ0v) is 7.45. The highest BCUT2D eigenvalue weighted by atomic mass is 16.6. The van der Waals surface area contributed by atoms with Gasteiger partial charge in [0, 0.05) is 5.92 Å². The average molecular weight is 169 g/mol. The minimum absolute atomic E-state index is 0.344. The van der Waals surface area contributed by atoms with Crippen LogP contribution in [0.1, 0.15) is 32.1 Å². The lowest BCUT2D eigenvalue weighted by Crippen LogP contribution is -2.19. The highest BCUT2D eigenvalue weighted by Crippen LogP contribution is 2.24. The molecule has 0 aromatic carbocycles. The molecule has 0 spiro atoms. The third-order valence-corrected chi connectivity index (χ3v) is 2.34. The standard InChI is InChI=1S/C9H15NO2/c1-12-10-9(7-11)8-5-3-2-4-6-8/h7-8H,2-6H2,1H3/b10-9+. The molecule has 0 N–H and O–H groups in total. The van der Waals surface area contributed by atoms with Crippen LogP contribution in [0.2, 0.25) is 0 Å². The quantitative estimate of drug-likeness (QED) is 0.367. The number of nitrogens with zero attached hydrogens (tertiary/aromatic N) is 1. The van der Waals surface area contributed by atoms with E-state index >= 15 is 0 Å². The van der Waals surface area contributed by atoms with E-state index in [1.54, 1.807) is 0 Å². The number of oxime groups is 1. The zero-order valence-electron chi connectivity index (χ0n) is 7.45. The summed E-state index contributed by atoms with van der Waals surface area (Å²) < 4.78 is 0. The number of carbonyl (C=O) groups excluding carboxylic acids is 1. The fraction of sp³-hybridized carbons (Fsp3) is 0.778. The maximum absolute atomic E-state index is 10.6. The van der Waals surface area contributed by atoms with Crippen LogP contribution in [0.25, 0.3) is 0 Å². The molecule has 3 nitrogen and oxygen atoms in total. The second-order valence-electron chi connectivity index (χ2n) is 3.15. The van der Waals surface area contributed by atoms with Crippen LogP contribution in [-0.2, 0) is 9.63 Å². The summed E-state index contributed by atoms with van der Waals surface area (Å²) in [5.74, 6) is 0.344. The van der Waals surface area contributed by atoms with Crippen molar-refractivity contribution in [3.63, 3.8) is 0 Å². The van der Waals surface area contributed by atoms with E-state index in [1.807, 2.05) is 0 Å². The van der Waals surface area contributed by atoms with Gasteiger partial charge in [0.15, 0.2) is 6.29 Å². The van der Waals surface area contributed by atoms with E-state index in [4.69, 9.17) is 0 Å². The largest absolute Gasteiger partial charge is 0.399 e. The molecule has 3 heteroatoms. The summed E-state index contributed by atoms with van der Waals surface area (Å²) in [5, 5.41) is 3.71. The molecule has 0 atom stereocenters. The van der Waals surface area contributed by atoms with Crippen molar-refractivity contribution in [2.45, 2.75) is 32.1 Å². The van der Waals surface area contributed by atoms with Crippen molar-refractivity contribution in [1.29, 1.82) is 0 Å². The molecule has 0 saturated heterocycles. The minimum atomic E-state index is 0.344. The van der Waals surface area contributed by atoms with Gasteiger partial charge in [0.2, 0.25) is 0 Å². The van der Waals surface area contributed by atoms with E-state index < -0.39 is 0 Å². The summed E-state index contributed by atoms with van der Waals surface area (Å²) in [4.78, 5) is 15.2. The Morgan fingerprint density at radius 3 is 2.58 bits per heavy atom. The predicted octanol–water partition coefficient (Wildman–Crippen LogP) is 1.77. The van der Waals surface area contributed by atoms with Crippen LogP contribution in [-0.4, -0.2) is 19.1 Å². The zero-order chi connectivity index (χ0) is 8.81. The van der Waals surface area contributed by atoms with E-state index in [9.17, 15) is 4.79 Å². The van der Waals surface area contributed by atoms with E-state index in [1.165, 1.54) is 26.4 Å². The summed E-state index contributed by atoms with van der Waals surface area (Å²) in [5.41, 5.74) is 0.581. The first-order valence-electron chi connectivity index (χ1n) is 4.44. The van der Waals surface area contributed by atoms with Gasteiger partial charge >= 0.3 is 0 Å². The fourth-order valence-corrected chi connectivity index (χ4v) is 1.70. The second-order valence-corrected chi connectivity index (χ2v) is 3.15. The molecule has 0 bridgehead atoms. The van der Waals surface area contributed by atoms with E-state index in [2.05, 4.69) is 9.99 Å². The Balaban J connectivity index is 2.51. The average Bonchev–Trinajstić information content (AvgIpc) is 2.15. The Morgan fingerprint density at radius 2 is 2.08 bits per heavy atom. The monoisotopic (exact) mass is 169 g/mol. The van der Waals surface area contributed by atoms with E-state index in [-0.39, 0.29) is 0 Å². The van der Waals surface area contributed by atoms with E-state index in [0.717, 1.165) is 19.1 Å². The van der Waals surface area contributed by atoms with Crippen molar-refractivity contribution in [3.8, 4) is 0 Å². The molecular weight excluding hydrogens is 154 g/mol. The SMILES string of the molecule is CO/N=C(\C=O)C1CCCCC1. The van der Waals surface area contributed by atoms with Gasteiger partial charge in [-0.3, -0.25) is 4.79 Å². The molecule has 68 valence electrons. The first kappa shape index (κ1) is 9.23. The second kappa shape index (κ2) is 4.91. The maximum Gasteiger partial charge on any atom is 0.167 e. The normalized spacial score (nSPS) is 20.6. The van der Waals surface area contributed by atoms with Crippen LogP contribution >= 0.6 is 0 Å². The van der Waals surface area contributed by atoms with Gasteiger partial charge in [-0.1, -0.05) is 24.4 Å². The van der Waals surface area contributed by atoms with Gasteiger partial charge in [0.05, 0.1) is 0 Å². The van der Waals surface area contributed by atoms with Gasteiger partial charge in [-0.05, 0) is 12.8 Å². The van der Waals surface area contributed by atoms with Crippen LogP contribution in [0.5, 0.6) is 0 Å². The Hall–Kier alpha value is -0.860. The number of carbonyl (C=O) groups is 1. The van der Waals surface area contributed by atoms with Gasteiger partial charge in [0.1, 0.15) is 12.8 Å². The summed E-state index contributed by atoms with van der Waals surface area (Å²) in [6.45, 7) is 0. The molecule has 0 aliphatic heterocycles. The highest BCUT2D eigenvalue weighted by molar-refractivity contribution is 6.29. The molecule has 0 aromatic rings. The van der Waals surface area contributed by atoms with E-state index in [0.29, 0.717) is 11.6 Å². The molecule has 0 unspecified atom stereocenters. The molecule has 12 heavy (non-hydrogen) atoms. The number of aldehydes is 1. The summed E-state index contributed by atoms with van der Waals surface area (Å²) in [6.07, 6.45) is 6.69. The van der Waals surface area contributed by atoms with Crippen molar-refractivity contribution < 1.29 is 9.63 Å². The van der Waals surface area contributed by atoms with Crippen LogP contribution in [0.15, 0.2) is 5.16 Å². The third kappa shape index (κ3) is 2.32. The van der Waals surface area contributed by atoms with Crippen molar-refractivity contribution >= 4 is 12.0 Å². The first-order valence-corrected chi connectivity index (χ1v) is 4.44. The van der Waals surface area contributed by atoms with Gasteiger partial charge in [-0.25, -0.2) is 0 Å². The maximum atomic E-state index is 10.6. The Labute approximate surface area is 72.8 Å². The van der Waals surface area contributed by atoms with Crippen molar-refractivity contribution in [2.24, 2.45) is 11.1 Å². The molecule has 1 fully saturated rings. The number of hydrogen-bond donors (Lipinski definition) is 0. The highest BCUT2D eigenvalue weighted by Gasteiger charge is 2.19. The Morgan fingerprint density at radius 1 is 1.42 bits per heavy atom. The molecule has 0 amide bonds. The van der Waals surface area contributed by atoms with Crippen LogP contribution in [0, 0.1) is 5.92 Å². The molecule has 1 rings (SSSR count). The molecule has 1 saturated carbocycles. The topological polar surface area (TPSA) is 38.7 Å². The third-order valence-electron chi connectivity index (χ3n) is 2.34. The van der Waals surface area contributed by atoms with Crippen LogP contribution in [0.3, 0.4) is 0 Å². The van der Waals surface area contributed by atoms with Crippen LogP contribution in [0.4, 0.5) is 0 Å². The lowest BCUT2D eigenvalue weighted by molar-refractivity contribution is -0.103. The van der Waals surface area contributed by atoms with Crippen molar-refractivity contribution in [3.05, 3.63) is 0 Å². The summed E-state index contributed by atoms with van der Waals surface area (Å²) in [6, 6.07) is 0. The smallest absolute Gasteiger partial charge is 0.167 e. The van der Waals surface area contributed by atoms with Gasteiger partial charge in [-0.2, -0.15) is 0 Å². The molecule has 1 aliphatic rings. The van der Waals surface area contributed by atoms with Gasteiger partial charge in [-0.15, -0.1) is 0 Å². The van der Waals surface area contributed by atoms with Gasteiger partial charge in [0.25, 0.3) is 0 Å². The Bertz CT molecular complexity index is 171. The van der Waals surface area contributed by atoms with Crippen molar-refractivity contribution in [1.82, 2.24) is 0 Å². The molecule has 0 heterocycles. The van der Waals surface area contributed by atoms with Gasteiger partial charge < -0.3 is 4.84 Å². The summed E-state index contributed by atoms with van der Waals surface area (Å²) >= 11 is 0. The first-order chi connectivity index (χ1) is 5.88. The van der Waals surface area contributed by atoms with Crippen LogP contribution < -0.4 is 0 Å². The minimum Gasteiger partial charge on any atom is -0.399 e. The molecule has 0 radical (unpaired) electrons. The molecule has 1 aliphatic carbocycles. The fourth-order valence-electron chi connectivity index (χ4n) is 1.70. The molecular formula is C9H15NO2. The predicted molar refractivity (Wildman–Crippen MR) is 47.1 cm³/mol. The lowest BCUT2D eigenvalue weighted by Gasteiger charge is -2.19. The Kier molecular flexibility index (Phi) is 3.77. The summed E-state index contributed by atoms with van der Waals surface area (Å²) in [7, 11) is 1.48. The number of hydrogen-bond acceptors (Lipinski definition) is 3. The number of rotatable bonds is 3. The lowest BCUT2D eigenvalue weighted by atomic mass is 9.86.